The van der Waals surface area contributed by atoms with Gasteiger partial charge in [0.25, 0.3) is 0 Å². The van der Waals surface area contributed by atoms with Gasteiger partial charge in [-0.3, -0.25) is 0 Å². The standard InChI is InChI=1S/C12H13BrN4/c1-3-8-10(13)11(14)17-12(16-8)9-6-4-5-7(2)15-9/h4-6H,3H2,1-2H3,(H2,14,16,17). The van der Waals surface area contributed by atoms with Crippen molar-refractivity contribution in [2.45, 2.75) is 20.3 Å². The molecule has 0 saturated carbocycles. The number of hydrogen-bond donors (Lipinski definition) is 1. The molecule has 17 heavy (non-hydrogen) atoms. The number of rotatable bonds is 2. The molecular formula is C12H13BrN4. The lowest BCUT2D eigenvalue weighted by atomic mass is 10.2. The van der Waals surface area contributed by atoms with E-state index in [0.29, 0.717) is 11.6 Å². The van der Waals surface area contributed by atoms with Gasteiger partial charge < -0.3 is 5.73 Å². The van der Waals surface area contributed by atoms with Crippen LogP contribution in [0.3, 0.4) is 0 Å². The second-order valence-electron chi connectivity index (χ2n) is 3.71. The van der Waals surface area contributed by atoms with Gasteiger partial charge in [0, 0.05) is 5.69 Å². The highest BCUT2D eigenvalue weighted by Gasteiger charge is 2.10. The molecule has 88 valence electrons. The van der Waals surface area contributed by atoms with Gasteiger partial charge in [-0.1, -0.05) is 13.0 Å². The van der Waals surface area contributed by atoms with Gasteiger partial charge in [-0.05, 0) is 41.4 Å². The van der Waals surface area contributed by atoms with Gasteiger partial charge in [0.15, 0.2) is 5.82 Å². The Labute approximate surface area is 108 Å². The fourth-order valence-electron chi connectivity index (χ4n) is 1.53. The molecule has 0 aliphatic rings. The Kier molecular flexibility index (Phi) is 3.38. The number of halogens is 1. The number of pyridine rings is 1. The summed E-state index contributed by atoms with van der Waals surface area (Å²) < 4.78 is 0.774. The normalized spacial score (nSPS) is 10.5. The molecule has 0 atom stereocenters. The molecule has 0 spiro atoms. The first-order valence-corrected chi connectivity index (χ1v) is 6.17. The van der Waals surface area contributed by atoms with Crippen molar-refractivity contribution < 1.29 is 0 Å². The maximum absolute atomic E-state index is 5.85. The summed E-state index contributed by atoms with van der Waals surface area (Å²) in [7, 11) is 0. The molecule has 0 bridgehead atoms. The number of aromatic nitrogens is 3. The van der Waals surface area contributed by atoms with Crippen LogP contribution >= 0.6 is 15.9 Å². The van der Waals surface area contributed by atoms with Crippen molar-refractivity contribution in [1.82, 2.24) is 15.0 Å². The van der Waals surface area contributed by atoms with Gasteiger partial charge >= 0.3 is 0 Å². The number of nitrogens with zero attached hydrogens (tertiary/aromatic N) is 3. The van der Waals surface area contributed by atoms with Crippen molar-refractivity contribution in [2.24, 2.45) is 0 Å². The number of nitrogens with two attached hydrogens (primary N) is 1. The van der Waals surface area contributed by atoms with Crippen LogP contribution in [-0.2, 0) is 6.42 Å². The second kappa shape index (κ2) is 4.79. The Morgan fingerprint density at radius 3 is 2.65 bits per heavy atom. The molecule has 2 heterocycles. The van der Waals surface area contributed by atoms with Gasteiger partial charge in [-0.2, -0.15) is 0 Å². The first-order chi connectivity index (χ1) is 8.11. The van der Waals surface area contributed by atoms with Crippen molar-refractivity contribution in [3.63, 3.8) is 0 Å². The lowest BCUT2D eigenvalue weighted by molar-refractivity contribution is 0.986. The summed E-state index contributed by atoms with van der Waals surface area (Å²) in [6, 6.07) is 5.76. The fraction of sp³-hybridized carbons (Fsp3) is 0.250. The summed E-state index contributed by atoms with van der Waals surface area (Å²) >= 11 is 3.39. The lowest BCUT2D eigenvalue weighted by Gasteiger charge is -2.07. The van der Waals surface area contributed by atoms with Crippen molar-refractivity contribution in [2.75, 3.05) is 5.73 Å². The predicted octanol–water partition coefficient (Wildman–Crippen LogP) is 2.75. The minimum atomic E-state index is 0.454. The fourth-order valence-corrected chi connectivity index (χ4v) is 1.99. The van der Waals surface area contributed by atoms with Crippen LogP contribution in [0.2, 0.25) is 0 Å². The zero-order valence-corrected chi connectivity index (χ0v) is 11.3. The van der Waals surface area contributed by atoms with E-state index in [1.54, 1.807) is 0 Å². The van der Waals surface area contributed by atoms with Crippen molar-refractivity contribution >= 4 is 21.7 Å². The number of hydrogen-bond acceptors (Lipinski definition) is 4. The molecule has 0 aliphatic carbocycles. The van der Waals surface area contributed by atoms with E-state index in [2.05, 4.69) is 30.9 Å². The first kappa shape index (κ1) is 12.0. The molecule has 0 aromatic carbocycles. The summed E-state index contributed by atoms with van der Waals surface area (Å²) in [5, 5.41) is 0. The van der Waals surface area contributed by atoms with E-state index in [1.807, 2.05) is 32.0 Å². The Morgan fingerprint density at radius 1 is 1.24 bits per heavy atom. The van der Waals surface area contributed by atoms with Crippen LogP contribution in [0.5, 0.6) is 0 Å². The Bertz CT molecular complexity index is 554. The highest BCUT2D eigenvalue weighted by molar-refractivity contribution is 9.10. The van der Waals surface area contributed by atoms with E-state index in [-0.39, 0.29) is 0 Å². The summed E-state index contributed by atoms with van der Waals surface area (Å²) in [6.07, 6.45) is 0.798. The summed E-state index contributed by atoms with van der Waals surface area (Å²) in [6.45, 7) is 3.96. The van der Waals surface area contributed by atoms with E-state index in [1.165, 1.54) is 0 Å². The van der Waals surface area contributed by atoms with E-state index < -0.39 is 0 Å². The number of nitrogen functional groups attached to an aromatic ring is 1. The maximum atomic E-state index is 5.85. The minimum Gasteiger partial charge on any atom is -0.383 e. The van der Waals surface area contributed by atoms with Crippen LogP contribution < -0.4 is 5.73 Å². The highest BCUT2D eigenvalue weighted by atomic mass is 79.9. The van der Waals surface area contributed by atoms with Gasteiger partial charge in [-0.15, -0.1) is 0 Å². The smallest absolute Gasteiger partial charge is 0.180 e. The molecule has 0 unspecified atom stereocenters. The predicted molar refractivity (Wildman–Crippen MR) is 71.5 cm³/mol. The second-order valence-corrected chi connectivity index (χ2v) is 4.50. The van der Waals surface area contributed by atoms with Crippen molar-refractivity contribution in [1.29, 1.82) is 0 Å². The largest absolute Gasteiger partial charge is 0.383 e. The first-order valence-electron chi connectivity index (χ1n) is 5.37. The van der Waals surface area contributed by atoms with Gasteiger partial charge in [0.2, 0.25) is 0 Å². The molecule has 0 fully saturated rings. The third-order valence-corrected chi connectivity index (χ3v) is 3.26. The van der Waals surface area contributed by atoms with Gasteiger partial charge in [0.1, 0.15) is 11.5 Å². The third-order valence-electron chi connectivity index (χ3n) is 2.40. The lowest BCUT2D eigenvalue weighted by Crippen LogP contribution is -2.03. The van der Waals surface area contributed by atoms with Gasteiger partial charge in [-0.25, -0.2) is 15.0 Å². The molecule has 2 aromatic heterocycles. The Balaban J connectivity index is 2.56. The summed E-state index contributed by atoms with van der Waals surface area (Å²) in [5.74, 6) is 1.03. The quantitative estimate of drug-likeness (QED) is 0.924. The number of aryl methyl sites for hydroxylation is 2. The Hall–Kier alpha value is -1.49. The highest BCUT2D eigenvalue weighted by Crippen LogP contribution is 2.24. The number of anilines is 1. The Morgan fingerprint density at radius 2 is 2.00 bits per heavy atom. The summed E-state index contributed by atoms with van der Waals surface area (Å²) in [5.41, 5.74) is 8.43. The van der Waals surface area contributed by atoms with Crippen LogP contribution in [0.15, 0.2) is 22.7 Å². The molecule has 4 nitrogen and oxygen atoms in total. The van der Waals surface area contributed by atoms with Crippen LogP contribution in [0.1, 0.15) is 18.3 Å². The average molecular weight is 293 g/mol. The molecule has 0 aliphatic heterocycles. The van der Waals surface area contributed by atoms with Gasteiger partial charge in [0.05, 0.1) is 10.2 Å². The van der Waals surface area contributed by atoms with Crippen molar-refractivity contribution in [3.8, 4) is 11.5 Å². The molecule has 0 radical (unpaired) electrons. The minimum absolute atomic E-state index is 0.454. The van der Waals surface area contributed by atoms with E-state index in [9.17, 15) is 0 Å². The summed E-state index contributed by atoms with van der Waals surface area (Å²) in [4.78, 5) is 13.1. The molecule has 2 rings (SSSR count). The molecular weight excluding hydrogens is 280 g/mol. The van der Waals surface area contributed by atoms with Crippen molar-refractivity contribution in [3.05, 3.63) is 34.1 Å². The van der Waals surface area contributed by atoms with Crippen LogP contribution in [-0.4, -0.2) is 15.0 Å². The molecule has 2 N–H and O–H groups in total. The topological polar surface area (TPSA) is 64.7 Å². The molecule has 0 saturated heterocycles. The van der Waals surface area contributed by atoms with E-state index >= 15 is 0 Å². The molecule has 0 amide bonds. The average Bonchev–Trinajstić information content (AvgIpc) is 2.32. The zero-order valence-electron chi connectivity index (χ0n) is 9.74. The van der Waals surface area contributed by atoms with Crippen LogP contribution in [0.4, 0.5) is 5.82 Å². The van der Waals surface area contributed by atoms with E-state index in [0.717, 1.165) is 28.0 Å². The maximum Gasteiger partial charge on any atom is 0.180 e. The zero-order chi connectivity index (χ0) is 12.4. The third kappa shape index (κ3) is 2.44. The molecule has 2 aromatic rings. The van der Waals surface area contributed by atoms with E-state index in [4.69, 9.17) is 5.73 Å². The SMILES string of the molecule is CCc1nc(-c2cccc(C)n2)nc(N)c1Br. The monoisotopic (exact) mass is 292 g/mol. The molecule has 5 heteroatoms. The van der Waals surface area contributed by atoms with Crippen LogP contribution in [0, 0.1) is 6.92 Å². The van der Waals surface area contributed by atoms with Crippen LogP contribution in [0.25, 0.3) is 11.5 Å².